The lowest BCUT2D eigenvalue weighted by molar-refractivity contribution is -0.385. The van der Waals surface area contributed by atoms with Gasteiger partial charge < -0.3 is 4.90 Å². The van der Waals surface area contributed by atoms with Crippen molar-refractivity contribution in [3.8, 4) is 0 Å². The van der Waals surface area contributed by atoms with Crippen molar-refractivity contribution in [2.24, 2.45) is 0 Å². The van der Waals surface area contributed by atoms with E-state index >= 15 is 0 Å². The molecule has 12 heteroatoms. The van der Waals surface area contributed by atoms with Crippen LogP contribution in [0, 0.1) is 10.1 Å². The van der Waals surface area contributed by atoms with E-state index in [4.69, 9.17) is 0 Å². The highest BCUT2D eigenvalue weighted by molar-refractivity contribution is 7.86. The van der Waals surface area contributed by atoms with Gasteiger partial charge in [-0.2, -0.15) is 30.2 Å². The normalized spacial score (nSPS) is 20.0. The van der Waals surface area contributed by atoms with Crippen LogP contribution in [0.15, 0.2) is 18.2 Å². The first-order chi connectivity index (χ1) is 14.0. The van der Waals surface area contributed by atoms with Gasteiger partial charge in [0.2, 0.25) is 0 Å². The van der Waals surface area contributed by atoms with E-state index in [0.29, 0.717) is 6.07 Å². The van der Waals surface area contributed by atoms with Gasteiger partial charge in [0.1, 0.15) is 0 Å². The number of nitro benzene ring substituents is 1. The Kier molecular flexibility index (Phi) is 6.58. The molecule has 3 rings (SSSR count). The van der Waals surface area contributed by atoms with Gasteiger partial charge in [-0.3, -0.25) is 10.1 Å². The van der Waals surface area contributed by atoms with Gasteiger partial charge in [-0.05, 0) is 18.9 Å². The average Bonchev–Trinajstić information content (AvgIpc) is 2.72. The Morgan fingerprint density at radius 1 is 1.10 bits per heavy atom. The van der Waals surface area contributed by atoms with Gasteiger partial charge in [-0.25, -0.2) is 0 Å². The number of nitrogens with zero attached hydrogens (tertiary/aromatic N) is 4. The minimum Gasteiger partial charge on any atom is -0.368 e. The van der Waals surface area contributed by atoms with Crippen LogP contribution in [0.1, 0.15) is 37.7 Å². The third-order valence-electron chi connectivity index (χ3n) is 5.85. The highest BCUT2D eigenvalue weighted by atomic mass is 32.2. The largest absolute Gasteiger partial charge is 0.418 e. The SMILES string of the molecule is CN(C1CCCCC1)S(=O)(=O)N1CCN(c2ccc([N+](=O)[O-])cc2C(F)(F)F)CC1. The molecule has 0 N–H and O–H groups in total. The molecule has 168 valence electrons. The van der Waals surface area contributed by atoms with Crippen molar-refractivity contribution in [3.05, 3.63) is 33.9 Å². The number of nitro groups is 1. The number of halogens is 3. The van der Waals surface area contributed by atoms with E-state index in [-0.39, 0.29) is 37.9 Å². The fraction of sp³-hybridized carbons (Fsp3) is 0.667. The van der Waals surface area contributed by atoms with Crippen molar-refractivity contribution < 1.29 is 26.5 Å². The second-order valence-electron chi connectivity index (χ2n) is 7.66. The van der Waals surface area contributed by atoms with Crippen LogP contribution in [0.3, 0.4) is 0 Å². The van der Waals surface area contributed by atoms with Gasteiger partial charge in [0.05, 0.1) is 10.5 Å². The fourth-order valence-electron chi connectivity index (χ4n) is 4.12. The molecule has 1 aromatic rings. The number of anilines is 1. The summed E-state index contributed by atoms with van der Waals surface area (Å²) in [5.74, 6) is 0. The number of benzene rings is 1. The molecule has 0 radical (unpaired) electrons. The molecular formula is C18H25F3N4O4S. The monoisotopic (exact) mass is 450 g/mol. The number of hydrogen-bond acceptors (Lipinski definition) is 5. The topological polar surface area (TPSA) is 87.0 Å². The Morgan fingerprint density at radius 3 is 2.23 bits per heavy atom. The van der Waals surface area contributed by atoms with Gasteiger partial charge >= 0.3 is 6.18 Å². The maximum atomic E-state index is 13.5. The molecular weight excluding hydrogens is 425 g/mol. The second kappa shape index (κ2) is 8.67. The van der Waals surface area contributed by atoms with E-state index < -0.39 is 32.6 Å². The standard InChI is InChI=1S/C18H25F3N4O4S/c1-22(14-5-3-2-4-6-14)30(28,29)24-11-9-23(10-12-24)17-8-7-15(25(26)27)13-16(17)18(19,20)21/h7-8,13-14H,2-6,9-12H2,1H3. The number of non-ortho nitro benzene ring substituents is 1. The van der Waals surface area contributed by atoms with Crippen LogP contribution in [0.2, 0.25) is 0 Å². The molecule has 1 aliphatic carbocycles. The Labute approximate surface area is 173 Å². The van der Waals surface area contributed by atoms with Gasteiger partial charge in [-0.1, -0.05) is 19.3 Å². The van der Waals surface area contributed by atoms with Gasteiger partial charge in [-0.15, -0.1) is 0 Å². The van der Waals surface area contributed by atoms with Crippen molar-refractivity contribution in [1.29, 1.82) is 0 Å². The quantitative estimate of drug-likeness (QED) is 0.508. The van der Waals surface area contributed by atoms with Crippen molar-refractivity contribution in [3.63, 3.8) is 0 Å². The van der Waals surface area contributed by atoms with Crippen LogP contribution in [0.4, 0.5) is 24.5 Å². The molecule has 2 aliphatic rings. The minimum absolute atomic E-state index is 0.0479. The first kappa shape index (κ1) is 22.8. The predicted octanol–water partition coefficient (Wildman–Crippen LogP) is 3.24. The number of piperazine rings is 1. The maximum Gasteiger partial charge on any atom is 0.418 e. The summed E-state index contributed by atoms with van der Waals surface area (Å²) >= 11 is 0. The minimum atomic E-state index is -4.76. The maximum absolute atomic E-state index is 13.5. The first-order valence-corrected chi connectivity index (χ1v) is 11.2. The molecule has 1 aromatic carbocycles. The van der Waals surface area contributed by atoms with E-state index in [1.807, 2.05) is 0 Å². The number of alkyl halides is 3. The zero-order chi connectivity index (χ0) is 22.1. The molecule has 1 aliphatic heterocycles. The summed E-state index contributed by atoms with van der Waals surface area (Å²) in [6.07, 6.45) is -0.0657. The molecule has 0 bridgehead atoms. The summed E-state index contributed by atoms with van der Waals surface area (Å²) in [4.78, 5) is 11.4. The van der Waals surface area contributed by atoms with Crippen molar-refractivity contribution >= 4 is 21.6 Å². The van der Waals surface area contributed by atoms with E-state index in [1.165, 1.54) is 13.5 Å². The van der Waals surface area contributed by atoms with E-state index in [2.05, 4.69) is 0 Å². The van der Waals surface area contributed by atoms with Crippen LogP contribution in [0.5, 0.6) is 0 Å². The number of rotatable bonds is 5. The predicted molar refractivity (Wildman–Crippen MR) is 105 cm³/mol. The van der Waals surface area contributed by atoms with Gasteiger partial charge in [0.15, 0.2) is 0 Å². The molecule has 0 spiro atoms. The van der Waals surface area contributed by atoms with Crippen molar-refractivity contribution in [2.75, 3.05) is 38.1 Å². The van der Waals surface area contributed by atoms with E-state index in [1.54, 1.807) is 7.05 Å². The summed E-state index contributed by atoms with van der Waals surface area (Å²) in [6.45, 7) is 0.235. The Hall–Kier alpha value is -1.92. The van der Waals surface area contributed by atoms with Crippen LogP contribution in [-0.4, -0.2) is 61.2 Å². The van der Waals surface area contributed by atoms with Gasteiger partial charge in [0, 0.05) is 57.1 Å². The Morgan fingerprint density at radius 2 is 1.70 bits per heavy atom. The molecule has 2 fully saturated rings. The van der Waals surface area contributed by atoms with Crippen LogP contribution >= 0.6 is 0 Å². The average molecular weight is 450 g/mol. The summed E-state index contributed by atoms with van der Waals surface area (Å²) in [5, 5.41) is 10.9. The van der Waals surface area contributed by atoms with Crippen molar-refractivity contribution in [2.45, 2.75) is 44.3 Å². The molecule has 0 amide bonds. The molecule has 1 saturated heterocycles. The van der Waals surface area contributed by atoms with E-state index in [0.717, 1.165) is 44.2 Å². The highest BCUT2D eigenvalue weighted by Gasteiger charge is 2.39. The molecule has 1 saturated carbocycles. The molecule has 8 nitrogen and oxygen atoms in total. The van der Waals surface area contributed by atoms with Crippen LogP contribution in [0.25, 0.3) is 0 Å². The number of hydrogen-bond donors (Lipinski definition) is 0. The Bertz CT molecular complexity index is 880. The Balaban J connectivity index is 1.74. The first-order valence-electron chi connectivity index (χ1n) is 9.85. The summed E-state index contributed by atoms with van der Waals surface area (Å²) in [5.41, 5.74) is -1.90. The summed E-state index contributed by atoms with van der Waals surface area (Å²) in [7, 11) is -2.13. The molecule has 30 heavy (non-hydrogen) atoms. The van der Waals surface area contributed by atoms with Crippen LogP contribution < -0.4 is 4.90 Å². The summed E-state index contributed by atoms with van der Waals surface area (Å²) < 4.78 is 69.0. The third kappa shape index (κ3) is 4.70. The van der Waals surface area contributed by atoms with Gasteiger partial charge in [0.25, 0.3) is 15.9 Å². The lowest BCUT2D eigenvalue weighted by Gasteiger charge is -2.39. The smallest absolute Gasteiger partial charge is 0.368 e. The summed E-state index contributed by atoms with van der Waals surface area (Å²) in [6, 6.07) is 2.59. The second-order valence-corrected chi connectivity index (χ2v) is 9.65. The molecule has 0 atom stereocenters. The molecule has 1 heterocycles. The highest BCUT2D eigenvalue weighted by Crippen LogP contribution is 2.39. The van der Waals surface area contributed by atoms with E-state index in [9.17, 15) is 31.7 Å². The lowest BCUT2D eigenvalue weighted by atomic mass is 9.96. The molecule has 0 aromatic heterocycles. The van der Waals surface area contributed by atoms with Crippen molar-refractivity contribution in [1.82, 2.24) is 8.61 Å². The zero-order valence-electron chi connectivity index (χ0n) is 16.6. The molecule has 0 unspecified atom stereocenters. The third-order valence-corrected chi connectivity index (χ3v) is 7.90. The van der Waals surface area contributed by atoms with Crippen LogP contribution in [-0.2, 0) is 16.4 Å². The lowest BCUT2D eigenvalue weighted by Crippen LogP contribution is -2.54. The zero-order valence-corrected chi connectivity index (χ0v) is 17.5. The fourth-order valence-corrected chi connectivity index (χ4v) is 5.69.